The maximum absolute atomic E-state index is 10.7. The highest BCUT2D eigenvalue weighted by molar-refractivity contribution is 9.10. The molecule has 2 aromatic rings. The summed E-state index contributed by atoms with van der Waals surface area (Å²) in [5, 5.41) is 13.7. The smallest absolute Gasteiger partial charge is 0.269 e. The van der Waals surface area contributed by atoms with Crippen LogP contribution in [0.1, 0.15) is 12.5 Å². The second-order valence-corrected chi connectivity index (χ2v) is 5.04. The molecule has 1 heterocycles. The number of ether oxygens (including phenoxy) is 1. The molecule has 0 fully saturated rings. The van der Waals surface area contributed by atoms with Crippen LogP contribution < -0.4 is 10.1 Å². The Balaban J connectivity index is 2.29. The summed E-state index contributed by atoms with van der Waals surface area (Å²) >= 11 is 3.32. The standard InChI is InChI=1S/C13H13BrN4O3/c1-3-15-13-16-7-10(14)12(17-13)21-11-5-4-9(18(19)20)6-8(11)2/h4-7H,3H2,1-2H3,(H,15,16,17). The van der Waals surface area contributed by atoms with Gasteiger partial charge in [-0.1, -0.05) is 0 Å². The molecule has 2 rings (SSSR count). The fourth-order valence-electron chi connectivity index (χ4n) is 1.63. The number of aromatic nitrogens is 2. The summed E-state index contributed by atoms with van der Waals surface area (Å²) < 4.78 is 6.30. The topological polar surface area (TPSA) is 90.2 Å². The summed E-state index contributed by atoms with van der Waals surface area (Å²) in [5.41, 5.74) is 0.676. The molecule has 7 nitrogen and oxygen atoms in total. The van der Waals surface area contributed by atoms with E-state index in [1.54, 1.807) is 19.2 Å². The Labute approximate surface area is 129 Å². The second-order valence-electron chi connectivity index (χ2n) is 4.19. The van der Waals surface area contributed by atoms with Crippen molar-refractivity contribution in [1.29, 1.82) is 0 Å². The van der Waals surface area contributed by atoms with Crippen LogP contribution in [0.25, 0.3) is 0 Å². The maximum atomic E-state index is 10.7. The van der Waals surface area contributed by atoms with E-state index < -0.39 is 4.92 Å². The summed E-state index contributed by atoms with van der Waals surface area (Å²) in [6.45, 7) is 4.37. The van der Waals surface area contributed by atoms with Crippen molar-refractivity contribution in [3.8, 4) is 11.6 Å². The Morgan fingerprint density at radius 3 is 2.86 bits per heavy atom. The molecule has 1 aromatic carbocycles. The molecule has 0 spiro atoms. The van der Waals surface area contributed by atoms with Crippen LogP contribution in [0.3, 0.4) is 0 Å². The molecule has 1 aromatic heterocycles. The molecule has 0 aliphatic rings. The van der Waals surface area contributed by atoms with Crippen LogP contribution in [0.4, 0.5) is 11.6 Å². The highest BCUT2D eigenvalue weighted by Crippen LogP contribution is 2.31. The fraction of sp³-hybridized carbons (Fsp3) is 0.231. The Hall–Kier alpha value is -2.22. The van der Waals surface area contributed by atoms with Crippen molar-refractivity contribution in [1.82, 2.24) is 9.97 Å². The van der Waals surface area contributed by atoms with E-state index in [0.717, 1.165) is 0 Å². The van der Waals surface area contributed by atoms with E-state index >= 15 is 0 Å². The number of aryl methyl sites for hydroxylation is 1. The van der Waals surface area contributed by atoms with Gasteiger partial charge in [-0.3, -0.25) is 10.1 Å². The van der Waals surface area contributed by atoms with Gasteiger partial charge in [0.25, 0.3) is 5.69 Å². The molecule has 0 saturated carbocycles. The van der Waals surface area contributed by atoms with Crippen molar-refractivity contribution in [3.63, 3.8) is 0 Å². The van der Waals surface area contributed by atoms with Crippen molar-refractivity contribution in [3.05, 3.63) is 44.5 Å². The first kappa shape index (κ1) is 15.2. The zero-order chi connectivity index (χ0) is 15.4. The van der Waals surface area contributed by atoms with Gasteiger partial charge in [0.1, 0.15) is 5.75 Å². The molecule has 0 atom stereocenters. The third kappa shape index (κ3) is 3.66. The molecule has 0 amide bonds. The molecule has 8 heteroatoms. The van der Waals surface area contributed by atoms with Crippen molar-refractivity contribution in [2.45, 2.75) is 13.8 Å². The summed E-state index contributed by atoms with van der Waals surface area (Å²) in [5.74, 6) is 1.30. The van der Waals surface area contributed by atoms with Gasteiger partial charge in [-0.25, -0.2) is 4.98 Å². The molecule has 1 N–H and O–H groups in total. The Kier molecular flexibility index (Phi) is 4.69. The van der Waals surface area contributed by atoms with Gasteiger partial charge >= 0.3 is 0 Å². The van der Waals surface area contributed by atoms with Crippen molar-refractivity contribution >= 4 is 27.6 Å². The van der Waals surface area contributed by atoms with Crippen LogP contribution in [0, 0.1) is 17.0 Å². The number of hydrogen-bond acceptors (Lipinski definition) is 6. The number of anilines is 1. The fourth-order valence-corrected chi connectivity index (χ4v) is 1.90. The quantitative estimate of drug-likeness (QED) is 0.651. The predicted octanol–water partition coefficient (Wildman–Crippen LogP) is 3.68. The van der Waals surface area contributed by atoms with Crippen LogP contribution in [0.5, 0.6) is 11.6 Å². The minimum Gasteiger partial charge on any atom is -0.437 e. The van der Waals surface area contributed by atoms with Crippen LogP contribution in [-0.2, 0) is 0 Å². The van der Waals surface area contributed by atoms with Gasteiger partial charge in [-0.15, -0.1) is 0 Å². The molecule has 0 aliphatic carbocycles. The lowest BCUT2D eigenvalue weighted by Gasteiger charge is -2.10. The molecular weight excluding hydrogens is 340 g/mol. The maximum Gasteiger partial charge on any atom is 0.269 e. The van der Waals surface area contributed by atoms with Gasteiger partial charge in [0.2, 0.25) is 11.8 Å². The molecule has 0 aliphatic heterocycles. The first-order valence-corrected chi connectivity index (χ1v) is 7.00. The molecule has 0 bridgehead atoms. The van der Waals surface area contributed by atoms with E-state index in [-0.39, 0.29) is 5.69 Å². The molecule has 21 heavy (non-hydrogen) atoms. The monoisotopic (exact) mass is 352 g/mol. The number of nitro benzene ring substituents is 1. The van der Waals surface area contributed by atoms with Gasteiger partial charge < -0.3 is 10.1 Å². The lowest BCUT2D eigenvalue weighted by atomic mass is 10.2. The third-order valence-corrected chi connectivity index (χ3v) is 3.17. The van der Waals surface area contributed by atoms with Crippen LogP contribution in [0.15, 0.2) is 28.9 Å². The number of halogens is 1. The zero-order valence-electron chi connectivity index (χ0n) is 11.5. The van der Waals surface area contributed by atoms with Gasteiger partial charge in [-0.2, -0.15) is 4.98 Å². The molecular formula is C13H13BrN4O3. The van der Waals surface area contributed by atoms with Crippen LogP contribution in [0.2, 0.25) is 0 Å². The minimum absolute atomic E-state index is 0.0231. The average molecular weight is 353 g/mol. The molecule has 0 saturated heterocycles. The lowest BCUT2D eigenvalue weighted by molar-refractivity contribution is -0.384. The van der Waals surface area contributed by atoms with Crippen LogP contribution in [-0.4, -0.2) is 21.4 Å². The lowest BCUT2D eigenvalue weighted by Crippen LogP contribution is -2.03. The van der Waals surface area contributed by atoms with Gasteiger partial charge in [0, 0.05) is 18.7 Å². The second kappa shape index (κ2) is 6.49. The van der Waals surface area contributed by atoms with E-state index in [1.807, 2.05) is 6.92 Å². The first-order valence-electron chi connectivity index (χ1n) is 6.20. The minimum atomic E-state index is -0.444. The van der Waals surface area contributed by atoms with Gasteiger partial charge in [0.05, 0.1) is 15.6 Å². The third-order valence-electron chi connectivity index (χ3n) is 2.62. The number of non-ortho nitro benzene ring substituents is 1. The normalized spacial score (nSPS) is 10.2. The van der Waals surface area contributed by atoms with Gasteiger partial charge in [0.15, 0.2) is 0 Å². The summed E-state index contributed by atoms with van der Waals surface area (Å²) in [6.07, 6.45) is 1.58. The Bertz CT molecular complexity index is 678. The van der Waals surface area contributed by atoms with Crippen molar-refractivity contribution in [2.24, 2.45) is 0 Å². The highest BCUT2D eigenvalue weighted by atomic mass is 79.9. The van der Waals surface area contributed by atoms with E-state index in [4.69, 9.17) is 4.74 Å². The molecule has 110 valence electrons. The van der Waals surface area contributed by atoms with Crippen molar-refractivity contribution < 1.29 is 9.66 Å². The van der Waals surface area contributed by atoms with E-state index in [9.17, 15) is 10.1 Å². The predicted molar refractivity (Wildman–Crippen MR) is 81.8 cm³/mol. The van der Waals surface area contributed by atoms with Crippen molar-refractivity contribution in [2.75, 3.05) is 11.9 Å². The van der Waals surface area contributed by atoms with E-state index in [0.29, 0.717) is 34.2 Å². The molecule has 0 unspecified atom stereocenters. The average Bonchev–Trinajstić information content (AvgIpc) is 2.44. The van der Waals surface area contributed by atoms with E-state index in [1.165, 1.54) is 12.1 Å². The summed E-state index contributed by atoms with van der Waals surface area (Å²) in [7, 11) is 0. The summed E-state index contributed by atoms with van der Waals surface area (Å²) in [6, 6.07) is 4.40. The van der Waals surface area contributed by atoms with Gasteiger partial charge in [-0.05, 0) is 41.4 Å². The van der Waals surface area contributed by atoms with E-state index in [2.05, 4.69) is 31.2 Å². The Morgan fingerprint density at radius 2 is 2.24 bits per heavy atom. The number of hydrogen-bond donors (Lipinski definition) is 1. The number of nitro groups is 1. The molecule has 0 radical (unpaired) electrons. The zero-order valence-corrected chi connectivity index (χ0v) is 13.0. The number of benzene rings is 1. The first-order chi connectivity index (χ1) is 10.0. The number of rotatable bonds is 5. The largest absolute Gasteiger partial charge is 0.437 e. The number of nitrogens with one attached hydrogen (secondary N) is 1. The van der Waals surface area contributed by atoms with Crippen LogP contribution >= 0.6 is 15.9 Å². The Morgan fingerprint density at radius 1 is 1.48 bits per heavy atom. The highest BCUT2D eigenvalue weighted by Gasteiger charge is 2.12. The SMILES string of the molecule is CCNc1ncc(Br)c(Oc2ccc([N+](=O)[O-])cc2C)n1. The summed E-state index contributed by atoms with van der Waals surface area (Å²) in [4.78, 5) is 18.6. The number of nitrogens with zero attached hydrogens (tertiary/aromatic N) is 3.